The second kappa shape index (κ2) is 7.33. The monoisotopic (exact) mass is 264 g/mol. The van der Waals surface area contributed by atoms with Gasteiger partial charge in [-0.25, -0.2) is 0 Å². The molecule has 5 heteroatoms. The van der Waals surface area contributed by atoms with Crippen LogP contribution < -0.4 is 9.47 Å². The molecule has 0 heterocycles. The van der Waals surface area contributed by atoms with Crippen LogP contribution in [0.3, 0.4) is 0 Å². The molecule has 0 spiro atoms. The maximum atomic E-state index is 12.2. The number of halogens is 3. The molecule has 0 bridgehead atoms. The lowest BCUT2D eigenvalue weighted by atomic mass is 10.1. The highest BCUT2D eigenvalue weighted by atomic mass is 35.5. The van der Waals surface area contributed by atoms with E-state index in [4.69, 9.17) is 16.3 Å². The molecule has 0 aromatic heterocycles. The molecule has 0 aliphatic rings. The van der Waals surface area contributed by atoms with Gasteiger partial charge in [-0.15, -0.1) is 11.6 Å². The zero-order valence-electron chi connectivity index (χ0n) is 9.59. The third-order valence-corrected chi connectivity index (χ3v) is 2.39. The summed E-state index contributed by atoms with van der Waals surface area (Å²) in [5, 5.41) is 0. The van der Waals surface area contributed by atoms with E-state index in [1.54, 1.807) is 19.1 Å². The molecule has 0 radical (unpaired) electrons. The van der Waals surface area contributed by atoms with Gasteiger partial charge in [0.25, 0.3) is 0 Å². The minimum Gasteiger partial charge on any atom is -0.490 e. The second-order valence-corrected chi connectivity index (χ2v) is 3.76. The minimum atomic E-state index is -2.85. The third kappa shape index (κ3) is 4.77. The van der Waals surface area contributed by atoms with Crippen molar-refractivity contribution in [3.8, 4) is 11.5 Å². The van der Waals surface area contributed by atoms with Crippen molar-refractivity contribution in [3.63, 3.8) is 0 Å². The minimum absolute atomic E-state index is 0.0777. The van der Waals surface area contributed by atoms with E-state index in [9.17, 15) is 8.78 Å². The number of alkyl halides is 3. The van der Waals surface area contributed by atoms with Crippen LogP contribution >= 0.6 is 11.6 Å². The Labute approximate surface area is 104 Å². The van der Waals surface area contributed by atoms with Crippen molar-refractivity contribution in [2.75, 3.05) is 12.5 Å². The zero-order chi connectivity index (χ0) is 12.7. The molecule has 0 aliphatic carbocycles. The van der Waals surface area contributed by atoms with E-state index in [1.165, 1.54) is 0 Å². The Morgan fingerprint density at radius 3 is 2.65 bits per heavy atom. The highest BCUT2D eigenvalue weighted by Crippen LogP contribution is 2.30. The number of benzene rings is 1. The van der Waals surface area contributed by atoms with Gasteiger partial charge in [0.05, 0.1) is 6.61 Å². The Bertz CT molecular complexity index is 345. The summed E-state index contributed by atoms with van der Waals surface area (Å²) in [6.07, 6.45) is 1.53. The number of rotatable bonds is 7. The average molecular weight is 265 g/mol. The van der Waals surface area contributed by atoms with E-state index in [-0.39, 0.29) is 5.75 Å². The molecule has 0 saturated carbocycles. The van der Waals surface area contributed by atoms with Gasteiger partial charge in [0.2, 0.25) is 0 Å². The Morgan fingerprint density at radius 1 is 1.29 bits per heavy atom. The summed E-state index contributed by atoms with van der Waals surface area (Å²) in [5.74, 6) is 0.953. The van der Waals surface area contributed by atoms with Crippen molar-refractivity contribution < 1.29 is 18.3 Å². The molecule has 1 aromatic carbocycles. The Balaban J connectivity index is 2.84. The largest absolute Gasteiger partial charge is 0.490 e. The fourth-order valence-corrected chi connectivity index (χ4v) is 1.58. The summed E-state index contributed by atoms with van der Waals surface area (Å²) in [5.41, 5.74) is 0.907. The number of ether oxygens (including phenoxy) is 2. The fraction of sp³-hybridized carbons (Fsp3) is 0.500. The molecule has 0 amide bonds. The van der Waals surface area contributed by atoms with Crippen LogP contribution in [0.15, 0.2) is 18.2 Å². The molecule has 0 atom stereocenters. The maximum Gasteiger partial charge on any atom is 0.387 e. The van der Waals surface area contributed by atoms with Crippen molar-refractivity contribution in [1.29, 1.82) is 0 Å². The van der Waals surface area contributed by atoms with Crippen molar-refractivity contribution in [3.05, 3.63) is 23.8 Å². The first-order valence-corrected chi connectivity index (χ1v) is 5.97. The molecule has 0 N–H and O–H groups in total. The normalized spacial score (nSPS) is 10.6. The highest BCUT2D eigenvalue weighted by Gasteiger charge is 2.11. The summed E-state index contributed by atoms with van der Waals surface area (Å²) in [7, 11) is 0. The quantitative estimate of drug-likeness (QED) is 0.696. The molecule has 0 unspecified atom stereocenters. The summed E-state index contributed by atoms with van der Waals surface area (Å²) in [6, 6.07) is 5.05. The van der Waals surface area contributed by atoms with Gasteiger partial charge in [-0.3, -0.25) is 0 Å². The molecule has 1 rings (SSSR count). The van der Waals surface area contributed by atoms with Gasteiger partial charge < -0.3 is 9.47 Å². The molecule has 2 nitrogen and oxygen atoms in total. The van der Waals surface area contributed by atoms with Crippen molar-refractivity contribution in [2.24, 2.45) is 0 Å². The Hall–Kier alpha value is -1.03. The van der Waals surface area contributed by atoms with Crippen molar-refractivity contribution >= 4 is 11.6 Å². The lowest BCUT2D eigenvalue weighted by Crippen LogP contribution is -2.05. The first-order valence-electron chi connectivity index (χ1n) is 5.44. The van der Waals surface area contributed by atoms with Crippen LogP contribution in [0.25, 0.3) is 0 Å². The molecule has 1 aromatic rings. The van der Waals surface area contributed by atoms with Gasteiger partial charge in [0.1, 0.15) is 0 Å². The van der Waals surface area contributed by atoms with Crippen LogP contribution in [0.1, 0.15) is 18.9 Å². The summed E-state index contributed by atoms with van der Waals surface area (Å²) < 4.78 is 34.1. The lowest BCUT2D eigenvalue weighted by molar-refractivity contribution is -0.0514. The van der Waals surface area contributed by atoms with E-state index < -0.39 is 6.61 Å². The van der Waals surface area contributed by atoms with Gasteiger partial charge in [0.15, 0.2) is 11.5 Å². The van der Waals surface area contributed by atoms with Gasteiger partial charge in [-0.05, 0) is 37.5 Å². The van der Waals surface area contributed by atoms with Gasteiger partial charge >= 0.3 is 6.61 Å². The van der Waals surface area contributed by atoms with Crippen molar-refractivity contribution in [2.45, 2.75) is 26.4 Å². The van der Waals surface area contributed by atoms with Crippen LogP contribution in [0.5, 0.6) is 11.5 Å². The molecular weight excluding hydrogens is 250 g/mol. The van der Waals surface area contributed by atoms with E-state index in [2.05, 4.69) is 4.74 Å². The van der Waals surface area contributed by atoms with Crippen LogP contribution in [0.2, 0.25) is 0 Å². The standard InChI is InChI=1S/C12H15ClF2O2/c1-2-16-10-6-5-9(4-3-7-13)8-11(10)17-12(14)15/h5-6,8,12H,2-4,7H2,1H3. The summed E-state index contributed by atoms with van der Waals surface area (Å²) in [6.45, 7) is -0.661. The SMILES string of the molecule is CCOc1ccc(CCCCl)cc1OC(F)F. The van der Waals surface area contributed by atoms with Crippen LogP contribution in [0, 0.1) is 0 Å². The van der Waals surface area contributed by atoms with Gasteiger partial charge in [0, 0.05) is 5.88 Å². The average Bonchev–Trinajstić information content (AvgIpc) is 2.29. The Morgan fingerprint density at radius 2 is 2.06 bits per heavy atom. The number of hydrogen-bond donors (Lipinski definition) is 0. The first kappa shape index (κ1) is 14.0. The zero-order valence-corrected chi connectivity index (χ0v) is 10.3. The molecule has 0 aliphatic heterocycles. The first-order chi connectivity index (χ1) is 8.17. The maximum absolute atomic E-state index is 12.2. The highest BCUT2D eigenvalue weighted by molar-refractivity contribution is 6.17. The molecule has 17 heavy (non-hydrogen) atoms. The third-order valence-electron chi connectivity index (χ3n) is 2.12. The Kier molecular flexibility index (Phi) is 6.05. The fourth-order valence-electron chi connectivity index (χ4n) is 1.44. The topological polar surface area (TPSA) is 18.5 Å². The van der Waals surface area contributed by atoms with Crippen LogP contribution in [-0.4, -0.2) is 19.1 Å². The summed E-state index contributed by atoms with van der Waals surface area (Å²) >= 11 is 5.58. The van der Waals surface area contributed by atoms with E-state index >= 15 is 0 Å². The van der Waals surface area contributed by atoms with Crippen molar-refractivity contribution in [1.82, 2.24) is 0 Å². The van der Waals surface area contributed by atoms with Crippen LogP contribution in [0.4, 0.5) is 8.78 Å². The number of aryl methyl sites for hydroxylation is 1. The summed E-state index contributed by atoms with van der Waals surface area (Å²) in [4.78, 5) is 0. The molecule has 96 valence electrons. The molecule has 0 fully saturated rings. The predicted molar refractivity (Wildman–Crippen MR) is 63.3 cm³/mol. The number of hydrogen-bond acceptors (Lipinski definition) is 2. The molecule has 0 saturated heterocycles. The van der Waals surface area contributed by atoms with Gasteiger partial charge in [-0.2, -0.15) is 8.78 Å². The lowest BCUT2D eigenvalue weighted by Gasteiger charge is -2.12. The van der Waals surface area contributed by atoms with E-state index in [0.29, 0.717) is 18.2 Å². The van der Waals surface area contributed by atoms with Crippen LogP contribution in [-0.2, 0) is 6.42 Å². The van der Waals surface area contributed by atoms with E-state index in [0.717, 1.165) is 18.4 Å². The molecular formula is C12H15ClF2O2. The predicted octanol–water partition coefficient (Wildman–Crippen LogP) is 3.86. The smallest absolute Gasteiger partial charge is 0.387 e. The van der Waals surface area contributed by atoms with E-state index in [1.807, 2.05) is 6.07 Å². The second-order valence-electron chi connectivity index (χ2n) is 3.39. The van der Waals surface area contributed by atoms with Gasteiger partial charge in [-0.1, -0.05) is 6.07 Å².